The molecule has 0 saturated carbocycles. The van der Waals surface area contributed by atoms with E-state index < -0.39 is 0 Å². The van der Waals surface area contributed by atoms with Gasteiger partial charge in [0.2, 0.25) is 5.91 Å². The smallest absolute Gasteiger partial charge is 0.258 e. The van der Waals surface area contributed by atoms with Crippen molar-refractivity contribution in [3.63, 3.8) is 0 Å². The highest BCUT2D eigenvalue weighted by Crippen LogP contribution is 2.26. The molecule has 0 aliphatic carbocycles. The molecule has 1 aliphatic heterocycles. The Morgan fingerprint density at radius 3 is 2.92 bits per heavy atom. The van der Waals surface area contributed by atoms with Crippen LogP contribution in [0.15, 0.2) is 23.3 Å². The van der Waals surface area contributed by atoms with Gasteiger partial charge in [-0.15, -0.1) is 0 Å². The second kappa shape index (κ2) is 9.24. The number of hydrogen-bond acceptors (Lipinski definition) is 5. The van der Waals surface area contributed by atoms with Gasteiger partial charge in [-0.25, -0.2) is 5.43 Å². The Labute approximate surface area is 145 Å². The molecule has 0 aromatic heterocycles. The van der Waals surface area contributed by atoms with E-state index in [1.54, 1.807) is 18.2 Å². The van der Waals surface area contributed by atoms with Crippen molar-refractivity contribution in [3.8, 4) is 5.75 Å². The molecule has 2 N–H and O–H groups in total. The number of rotatable bonds is 8. The van der Waals surface area contributed by atoms with Crippen LogP contribution in [-0.4, -0.2) is 43.9 Å². The van der Waals surface area contributed by atoms with Crippen molar-refractivity contribution < 1.29 is 19.1 Å². The number of hydrazone groups is 1. The van der Waals surface area contributed by atoms with E-state index in [9.17, 15) is 9.59 Å². The highest BCUT2D eigenvalue weighted by atomic mass is 35.5. The maximum absolute atomic E-state index is 11.6. The molecule has 0 spiro atoms. The number of benzene rings is 1. The topological polar surface area (TPSA) is 89.0 Å². The summed E-state index contributed by atoms with van der Waals surface area (Å²) in [6, 6.07) is 5.19. The van der Waals surface area contributed by atoms with Crippen LogP contribution in [0.5, 0.6) is 5.75 Å². The molecule has 0 radical (unpaired) electrons. The number of amides is 2. The number of nitrogens with one attached hydrogen (secondary N) is 2. The summed E-state index contributed by atoms with van der Waals surface area (Å²) < 4.78 is 10.5. The molecule has 1 aliphatic rings. The molecule has 0 saturated heterocycles. The van der Waals surface area contributed by atoms with E-state index in [1.807, 2.05) is 6.92 Å². The van der Waals surface area contributed by atoms with Gasteiger partial charge < -0.3 is 14.8 Å². The monoisotopic (exact) mass is 353 g/mol. The molecule has 2 amide bonds. The van der Waals surface area contributed by atoms with Crippen LogP contribution in [0.1, 0.15) is 25.3 Å². The molecule has 1 aromatic carbocycles. The van der Waals surface area contributed by atoms with Crippen LogP contribution in [-0.2, 0) is 14.3 Å². The van der Waals surface area contributed by atoms with Crippen molar-refractivity contribution in [2.75, 3.05) is 26.4 Å². The van der Waals surface area contributed by atoms with Gasteiger partial charge in [0.25, 0.3) is 5.91 Å². The third-order valence-electron chi connectivity index (χ3n) is 3.30. The third-order valence-corrected chi connectivity index (χ3v) is 3.60. The minimum Gasteiger partial charge on any atom is -0.482 e. The van der Waals surface area contributed by atoms with Crippen LogP contribution in [0.3, 0.4) is 0 Å². The summed E-state index contributed by atoms with van der Waals surface area (Å²) in [4.78, 5) is 22.8. The number of halogens is 1. The van der Waals surface area contributed by atoms with E-state index in [-0.39, 0.29) is 18.4 Å². The van der Waals surface area contributed by atoms with Crippen molar-refractivity contribution in [1.29, 1.82) is 0 Å². The lowest BCUT2D eigenvalue weighted by molar-refractivity contribution is -0.123. The van der Waals surface area contributed by atoms with Crippen molar-refractivity contribution in [2.24, 2.45) is 5.10 Å². The average molecular weight is 354 g/mol. The summed E-state index contributed by atoms with van der Waals surface area (Å²) in [7, 11) is 0. The maximum Gasteiger partial charge on any atom is 0.258 e. The summed E-state index contributed by atoms with van der Waals surface area (Å²) in [5, 5.41) is 7.08. The fraction of sp³-hybridized carbons (Fsp3) is 0.438. The van der Waals surface area contributed by atoms with Gasteiger partial charge in [0.1, 0.15) is 5.75 Å². The molecule has 0 bridgehead atoms. The van der Waals surface area contributed by atoms with Crippen LogP contribution < -0.4 is 15.5 Å². The normalized spacial score (nSPS) is 13.9. The van der Waals surface area contributed by atoms with E-state index in [1.165, 1.54) is 0 Å². The number of hydrogen-bond donors (Lipinski definition) is 2. The molecular formula is C16H20ClN3O4. The van der Waals surface area contributed by atoms with Gasteiger partial charge in [-0.2, -0.15) is 5.10 Å². The first-order chi connectivity index (χ1) is 11.6. The van der Waals surface area contributed by atoms with Gasteiger partial charge in [0, 0.05) is 26.0 Å². The largest absolute Gasteiger partial charge is 0.482 e. The molecule has 2 rings (SSSR count). The van der Waals surface area contributed by atoms with E-state index in [2.05, 4.69) is 15.8 Å². The summed E-state index contributed by atoms with van der Waals surface area (Å²) in [6.07, 6.45) is 0.960. The number of carbonyl (C=O) groups excluding carboxylic acids is 2. The fourth-order valence-corrected chi connectivity index (χ4v) is 2.32. The second-order valence-electron chi connectivity index (χ2n) is 5.07. The molecule has 0 unspecified atom stereocenters. The van der Waals surface area contributed by atoms with Crippen molar-refractivity contribution in [2.45, 2.75) is 19.8 Å². The molecule has 1 aromatic rings. The Morgan fingerprint density at radius 2 is 2.25 bits per heavy atom. The summed E-state index contributed by atoms with van der Waals surface area (Å²) >= 11 is 6.19. The van der Waals surface area contributed by atoms with E-state index in [0.717, 1.165) is 11.3 Å². The minimum atomic E-state index is -0.241. The van der Waals surface area contributed by atoms with Gasteiger partial charge in [0.05, 0.1) is 17.3 Å². The summed E-state index contributed by atoms with van der Waals surface area (Å²) in [5.41, 5.74) is 4.02. The molecule has 1 heterocycles. The second-order valence-corrected chi connectivity index (χ2v) is 5.48. The Kier molecular flexibility index (Phi) is 7.02. The fourth-order valence-electron chi connectivity index (χ4n) is 2.08. The summed E-state index contributed by atoms with van der Waals surface area (Å²) in [6.45, 7) is 3.29. The third kappa shape index (κ3) is 5.50. The molecule has 24 heavy (non-hydrogen) atoms. The van der Waals surface area contributed by atoms with Crippen molar-refractivity contribution >= 4 is 29.1 Å². The summed E-state index contributed by atoms with van der Waals surface area (Å²) in [5.74, 6) is 0.0789. The Morgan fingerprint density at radius 1 is 1.42 bits per heavy atom. The lowest BCUT2D eigenvalue weighted by Crippen LogP contribution is -2.31. The van der Waals surface area contributed by atoms with Crippen molar-refractivity contribution in [1.82, 2.24) is 10.7 Å². The number of ether oxygens (including phenoxy) is 2. The zero-order chi connectivity index (χ0) is 17.4. The van der Waals surface area contributed by atoms with Crippen LogP contribution in [0.25, 0.3) is 0 Å². The molecule has 0 fully saturated rings. The molecular weight excluding hydrogens is 334 g/mol. The Hall–Kier alpha value is -2.12. The van der Waals surface area contributed by atoms with Crippen LogP contribution >= 0.6 is 11.6 Å². The first kappa shape index (κ1) is 18.2. The Bertz CT molecular complexity index is 634. The predicted octanol–water partition coefficient (Wildman–Crippen LogP) is 1.49. The molecule has 0 atom stereocenters. The number of carbonyl (C=O) groups is 2. The predicted molar refractivity (Wildman–Crippen MR) is 90.4 cm³/mol. The highest BCUT2D eigenvalue weighted by Gasteiger charge is 2.15. The van der Waals surface area contributed by atoms with Gasteiger partial charge >= 0.3 is 0 Å². The van der Waals surface area contributed by atoms with Gasteiger partial charge in [-0.05, 0) is 30.7 Å². The minimum absolute atomic E-state index is 0.0971. The van der Waals surface area contributed by atoms with E-state index in [4.69, 9.17) is 21.1 Å². The quantitative estimate of drug-likeness (QED) is 0.693. The first-order valence-electron chi connectivity index (χ1n) is 7.72. The van der Waals surface area contributed by atoms with E-state index >= 15 is 0 Å². The zero-order valence-corrected chi connectivity index (χ0v) is 14.2. The highest BCUT2D eigenvalue weighted by molar-refractivity contribution is 6.32. The number of nitrogens with zero attached hydrogens (tertiary/aromatic N) is 1. The molecule has 7 nitrogen and oxygen atoms in total. The van der Waals surface area contributed by atoms with Crippen LogP contribution in [0.4, 0.5) is 0 Å². The van der Waals surface area contributed by atoms with Gasteiger partial charge in [0.15, 0.2) is 6.61 Å². The van der Waals surface area contributed by atoms with Gasteiger partial charge in [-0.3, -0.25) is 9.59 Å². The van der Waals surface area contributed by atoms with Gasteiger partial charge in [-0.1, -0.05) is 11.6 Å². The molecule has 130 valence electrons. The lowest BCUT2D eigenvalue weighted by Gasteiger charge is -2.14. The zero-order valence-electron chi connectivity index (χ0n) is 13.4. The average Bonchev–Trinajstić information content (AvgIpc) is 2.58. The van der Waals surface area contributed by atoms with Crippen LogP contribution in [0.2, 0.25) is 5.02 Å². The van der Waals surface area contributed by atoms with E-state index in [0.29, 0.717) is 43.4 Å². The Balaban J connectivity index is 1.86. The standard InChI is InChI=1S/C16H20ClN3O4/c1-2-23-8-7-18-16(22)10-24-14-5-3-11(9-12(14)17)13-4-6-15(21)20-19-13/h3,5,9H,2,4,6-8,10H2,1H3,(H,18,22)(H,20,21). The lowest BCUT2D eigenvalue weighted by atomic mass is 10.0. The van der Waals surface area contributed by atoms with Crippen molar-refractivity contribution in [3.05, 3.63) is 28.8 Å². The van der Waals surface area contributed by atoms with Crippen LogP contribution in [0, 0.1) is 0 Å². The SMILES string of the molecule is CCOCCNC(=O)COc1ccc(C2=NNC(=O)CC2)cc1Cl. The molecule has 8 heteroatoms. The maximum atomic E-state index is 11.6. The first-order valence-corrected chi connectivity index (χ1v) is 8.10.